The van der Waals surface area contributed by atoms with Gasteiger partial charge in [0.15, 0.2) is 6.10 Å². The van der Waals surface area contributed by atoms with E-state index in [1.54, 1.807) is 0 Å². The van der Waals surface area contributed by atoms with Crippen LogP contribution in [0.3, 0.4) is 0 Å². The Balaban J connectivity index is 3.89. The summed E-state index contributed by atoms with van der Waals surface area (Å²) in [6.45, 7) is 4.30. The average molecular weight is 1340 g/mol. The summed E-state index contributed by atoms with van der Waals surface area (Å²) in [6.07, 6.45) is 99.6. The van der Waals surface area contributed by atoms with E-state index in [-0.39, 0.29) is 32.0 Å². The summed E-state index contributed by atoms with van der Waals surface area (Å²) in [5, 5.41) is 0. The first-order chi connectivity index (χ1) is 46.0. The largest absolute Gasteiger partial charge is 0.756 e. The maximum atomic E-state index is 12.9. The number of likely N-dealkylation sites (N-methyl/N-ethyl adjacent to an activating group) is 1. The van der Waals surface area contributed by atoms with Crippen LogP contribution in [0.5, 0.6) is 0 Å². The van der Waals surface area contributed by atoms with Crippen molar-refractivity contribution in [2.45, 2.75) is 431 Å². The number of esters is 2. The number of ether oxygens (including phenoxy) is 2. The van der Waals surface area contributed by atoms with E-state index >= 15 is 0 Å². The first-order valence-corrected chi connectivity index (χ1v) is 42.8. The molecule has 0 saturated carbocycles. The number of phosphoric acid groups is 1. The molecule has 0 spiro atoms. The highest BCUT2D eigenvalue weighted by atomic mass is 31.2. The molecule has 2 atom stereocenters. The highest BCUT2D eigenvalue weighted by molar-refractivity contribution is 7.45. The third-order valence-corrected chi connectivity index (χ3v) is 19.8. The van der Waals surface area contributed by atoms with Crippen LogP contribution < -0.4 is 4.89 Å². The topological polar surface area (TPSA) is 111 Å². The van der Waals surface area contributed by atoms with Crippen LogP contribution in [-0.2, 0) is 32.7 Å². The van der Waals surface area contributed by atoms with Gasteiger partial charge in [-0.2, -0.15) is 0 Å². The Morgan fingerprint density at radius 3 is 0.840 bits per heavy atom. The lowest BCUT2D eigenvalue weighted by Crippen LogP contribution is -2.37. The van der Waals surface area contributed by atoms with Gasteiger partial charge in [-0.15, -0.1) is 0 Å². The van der Waals surface area contributed by atoms with Gasteiger partial charge in [0, 0.05) is 12.8 Å². The molecular formula is C84H160NO8P. The molecule has 0 saturated heterocycles. The quantitative estimate of drug-likeness (QED) is 0.0195. The number of hydrogen-bond donors (Lipinski definition) is 0. The van der Waals surface area contributed by atoms with E-state index < -0.39 is 26.5 Å². The molecule has 0 aliphatic heterocycles. The molecule has 10 heteroatoms. The Hall–Kier alpha value is -2.03. The fourth-order valence-electron chi connectivity index (χ4n) is 12.5. The van der Waals surface area contributed by atoms with E-state index in [0.717, 1.165) is 44.9 Å². The summed E-state index contributed by atoms with van der Waals surface area (Å²) < 4.78 is 34.4. The van der Waals surface area contributed by atoms with Crippen molar-refractivity contribution in [1.82, 2.24) is 0 Å². The third kappa shape index (κ3) is 79.0. The molecule has 9 nitrogen and oxygen atoms in total. The smallest absolute Gasteiger partial charge is 0.306 e. The fraction of sp³-hybridized carbons (Fsp3) is 0.881. The van der Waals surface area contributed by atoms with E-state index in [4.69, 9.17) is 18.5 Å². The van der Waals surface area contributed by atoms with Crippen molar-refractivity contribution in [1.29, 1.82) is 0 Å². The average Bonchev–Trinajstić information content (AvgIpc) is 1.56. The lowest BCUT2D eigenvalue weighted by molar-refractivity contribution is -0.870. The van der Waals surface area contributed by atoms with Crippen molar-refractivity contribution in [2.75, 3.05) is 47.5 Å². The van der Waals surface area contributed by atoms with Gasteiger partial charge in [0.1, 0.15) is 19.8 Å². The molecule has 0 aliphatic carbocycles. The number of unbranched alkanes of at least 4 members (excludes halogenated alkanes) is 56. The maximum Gasteiger partial charge on any atom is 0.306 e. The standard InChI is InChI=1S/C84H160NO8P/c1-6-8-10-12-14-16-18-20-22-24-26-28-30-32-34-36-38-40-41-42-43-45-47-49-51-53-55-57-59-61-63-65-67-69-71-73-75-77-84(87)93-82(81-92-94(88,89)91-79-78-85(3,4)5)80-90-83(86)76-74-72-70-68-66-64-62-60-58-56-54-52-50-48-46-44-39-37-35-33-31-29-27-25-23-21-19-17-15-13-11-9-7-2/h18-21,24-27,82H,6-17,22-23,28-81H2,1-5H3/b20-18-,21-19-,26-24-,27-25-. The summed E-state index contributed by atoms with van der Waals surface area (Å²) in [7, 11) is 1.19. The summed E-state index contributed by atoms with van der Waals surface area (Å²) in [6, 6.07) is 0. The Kier molecular flexibility index (Phi) is 73.6. The van der Waals surface area contributed by atoms with Crippen LogP contribution in [0, 0.1) is 0 Å². The van der Waals surface area contributed by atoms with Gasteiger partial charge in [-0.1, -0.05) is 383 Å². The van der Waals surface area contributed by atoms with E-state index in [2.05, 4.69) is 62.5 Å². The van der Waals surface area contributed by atoms with Crippen molar-refractivity contribution in [3.05, 3.63) is 48.6 Å². The van der Waals surface area contributed by atoms with Gasteiger partial charge < -0.3 is 27.9 Å². The van der Waals surface area contributed by atoms with Gasteiger partial charge >= 0.3 is 11.9 Å². The Morgan fingerprint density at radius 1 is 0.330 bits per heavy atom. The van der Waals surface area contributed by atoms with Gasteiger partial charge in [0.2, 0.25) is 0 Å². The molecule has 554 valence electrons. The van der Waals surface area contributed by atoms with Gasteiger partial charge in [0.25, 0.3) is 7.82 Å². The third-order valence-electron chi connectivity index (χ3n) is 18.8. The zero-order chi connectivity index (χ0) is 68.3. The van der Waals surface area contributed by atoms with Crippen molar-refractivity contribution in [2.24, 2.45) is 0 Å². The maximum absolute atomic E-state index is 12.9. The lowest BCUT2D eigenvalue weighted by atomic mass is 10.0. The Bertz CT molecular complexity index is 1720. The molecular weight excluding hydrogens is 1180 g/mol. The van der Waals surface area contributed by atoms with E-state index in [9.17, 15) is 19.0 Å². The van der Waals surface area contributed by atoms with Crippen LogP contribution in [0.15, 0.2) is 48.6 Å². The van der Waals surface area contributed by atoms with E-state index in [0.29, 0.717) is 17.4 Å². The molecule has 0 aromatic heterocycles. The number of nitrogens with zero attached hydrogens (tertiary/aromatic N) is 1. The zero-order valence-electron chi connectivity index (χ0n) is 63.4. The van der Waals surface area contributed by atoms with Gasteiger partial charge in [-0.05, 0) is 77.0 Å². The second kappa shape index (κ2) is 75.2. The fourth-order valence-corrected chi connectivity index (χ4v) is 13.2. The molecule has 0 aliphatic rings. The van der Waals surface area contributed by atoms with E-state index in [1.165, 1.54) is 347 Å². The molecule has 94 heavy (non-hydrogen) atoms. The number of carbonyl (C=O) groups is 2. The van der Waals surface area contributed by atoms with Crippen molar-refractivity contribution in [3.63, 3.8) is 0 Å². The second-order valence-electron chi connectivity index (χ2n) is 29.5. The first kappa shape index (κ1) is 92.0. The number of phosphoric ester groups is 1. The summed E-state index contributed by atoms with van der Waals surface area (Å²) in [4.78, 5) is 38.2. The minimum Gasteiger partial charge on any atom is -0.756 e. The molecule has 0 fully saturated rings. The number of hydrogen-bond acceptors (Lipinski definition) is 8. The van der Waals surface area contributed by atoms with E-state index in [1.807, 2.05) is 21.1 Å². The Morgan fingerprint density at radius 2 is 0.574 bits per heavy atom. The highest BCUT2D eigenvalue weighted by Gasteiger charge is 2.22. The predicted molar refractivity (Wildman–Crippen MR) is 407 cm³/mol. The molecule has 0 aromatic carbocycles. The molecule has 0 N–H and O–H groups in total. The molecule has 0 heterocycles. The number of carbonyl (C=O) groups excluding carboxylic acids is 2. The van der Waals surface area contributed by atoms with Crippen molar-refractivity contribution >= 4 is 19.8 Å². The van der Waals surface area contributed by atoms with Crippen LogP contribution in [-0.4, -0.2) is 70.0 Å². The minimum absolute atomic E-state index is 0.0276. The first-order valence-electron chi connectivity index (χ1n) is 41.3. The number of allylic oxidation sites excluding steroid dienone is 8. The molecule has 2 unspecified atom stereocenters. The molecule has 0 amide bonds. The molecule has 0 radical (unpaired) electrons. The van der Waals surface area contributed by atoms with Gasteiger partial charge in [-0.3, -0.25) is 14.2 Å². The summed E-state index contributed by atoms with van der Waals surface area (Å²) >= 11 is 0. The monoisotopic (exact) mass is 1340 g/mol. The van der Waals surface area contributed by atoms with Gasteiger partial charge in [0.05, 0.1) is 27.7 Å². The van der Waals surface area contributed by atoms with Gasteiger partial charge in [-0.25, -0.2) is 0 Å². The van der Waals surface area contributed by atoms with Crippen LogP contribution in [0.4, 0.5) is 0 Å². The minimum atomic E-state index is -4.64. The van der Waals surface area contributed by atoms with Crippen LogP contribution in [0.1, 0.15) is 425 Å². The number of rotatable bonds is 78. The van der Waals surface area contributed by atoms with Crippen LogP contribution in [0.25, 0.3) is 0 Å². The predicted octanol–water partition coefficient (Wildman–Crippen LogP) is 26.9. The lowest BCUT2D eigenvalue weighted by Gasteiger charge is -2.28. The molecule has 0 aromatic rings. The van der Waals surface area contributed by atoms with Crippen LogP contribution in [0.2, 0.25) is 0 Å². The molecule has 0 rings (SSSR count). The summed E-state index contributed by atoms with van der Waals surface area (Å²) in [5.41, 5.74) is 0. The zero-order valence-corrected chi connectivity index (χ0v) is 64.3. The SMILES string of the molecule is CCCCCCC/C=C\C/C=C\CCCCCCCCCCCCCCCCCCCCCCCCCCCC(=O)OC(COC(=O)CCCCCCCCCCCCCCCCCCCCCCC/C=C\C/C=C\CCCCCCC)COP(=O)([O-])OCC[N+](C)(C)C. The molecule has 0 bridgehead atoms. The van der Waals surface area contributed by atoms with Crippen molar-refractivity contribution in [3.8, 4) is 0 Å². The number of quaternary nitrogens is 1. The summed E-state index contributed by atoms with van der Waals surface area (Å²) in [5.74, 6) is -0.807. The second-order valence-corrected chi connectivity index (χ2v) is 30.9. The Labute approximate surface area is 585 Å². The van der Waals surface area contributed by atoms with Crippen LogP contribution >= 0.6 is 7.82 Å². The normalized spacial score (nSPS) is 13.2. The van der Waals surface area contributed by atoms with Crippen molar-refractivity contribution < 1.29 is 42.1 Å². The highest BCUT2D eigenvalue weighted by Crippen LogP contribution is 2.38.